The maximum Gasteiger partial charge on any atom is 0.143 e. The number of hydrogen-bond acceptors (Lipinski definition) is 2. The quantitative estimate of drug-likeness (QED) is 0.218. The summed E-state index contributed by atoms with van der Waals surface area (Å²) in [6, 6.07) is 53.7. The van der Waals surface area contributed by atoms with Crippen LogP contribution < -0.4 is 4.90 Å². The zero-order chi connectivity index (χ0) is 26.5. The molecule has 0 spiro atoms. The van der Waals surface area contributed by atoms with Crippen LogP contribution in [-0.4, -0.2) is 0 Å². The first-order valence-corrected chi connectivity index (χ1v) is 13.6. The molecule has 0 fully saturated rings. The van der Waals surface area contributed by atoms with Gasteiger partial charge in [-0.15, -0.1) is 0 Å². The molecular formula is C38H25NO. The molecule has 8 rings (SSSR count). The predicted octanol–water partition coefficient (Wildman–Crippen LogP) is 11.0. The molecule has 2 heteroatoms. The van der Waals surface area contributed by atoms with Crippen molar-refractivity contribution >= 4 is 60.5 Å². The van der Waals surface area contributed by atoms with E-state index in [2.05, 4.69) is 150 Å². The SMILES string of the molecule is c1ccc(N(c2ccccc2)c2ccc(-c3cc4ccccc4c4c3ccc3c5ccccc5oc34)cc2)cc1. The molecule has 0 aliphatic rings. The summed E-state index contributed by atoms with van der Waals surface area (Å²) < 4.78 is 6.51. The first-order valence-electron chi connectivity index (χ1n) is 13.6. The number of benzene rings is 7. The largest absolute Gasteiger partial charge is 0.455 e. The fourth-order valence-corrected chi connectivity index (χ4v) is 5.99. The third-order valence-corrected chi connectivity index (χ3v) is 7.83. The standard InChI is InChI=1S/C38H25NO/c1-3-12-28(13-4-1)39(29-14-5-2-6-15-29)30-21-19-26(20-22-30)35-25-27-11-7-8-16-31(27)37-33(35)23-24-34-32-17-9-10-18-36(32)40-38(34)37/h1-25H. The molecule has 0 aliphatic heterocycles. The van der Waals surface area contributed by atoms with Gasteiger partial charge in [-0.2, -0.15) is 0 Å². The van der Waals surface area contributed by atoms with Gasteiger partial charge < -0.3 is 9.32 Å². The van der Waals surface area contributed by atoms with Gasteiger partial charge in [0.2, 0.25) is 0 Å². The van der Waals surface area contributed by atoms with Gasteiger partial charge in [0.15, 0.2) is 0 Å². The van der Waals surface area contributed by atoms with E-state index < -0.39 is 0 Å². The number of anilines is 3. The number of furan rings is 1. The Morgan fingerprint density at radius 1 is 0.425 bits per heavy atom. The number of fused-ring (bicyclic) bond motifs is 7. The lowest BCUT2D eigenvalue weighted by atomic mass is 9.92. The van der Waals surface area contributed by atoms with E-state index in [-0.39, 0.29) is 0 Å². The first-order chi connectivity index (χ1) is 19.8. The fraction of sp³-hybridized carbons (Fsp3) is 0. The van der Waals surface area contributed by atoms with E-state index in [1.165, 1.54) is 32.7 Å². The number of rotatable bonds is 4. The average Bonchev–Trinajstić information content (AvgIpc) is 3.41. The maximum absolute atomic E-state index is 6.51. The third kappa shape index (κ3) is 3.58. The third-order valence-electron chi connectivity index (χ3n) is 7.83. The summed E-state index contributed by atoms with van der Waals surface area (Å²) in [7, 11) is 0. The topological polar surface area (TPSA) is 16.4 Å². The van der Waals surface area contributed by atoms with Gasteiger partial charge in [0, 0.05) is 33.2 Å². The highest BCUT2D eigenvalue weighted by molar-refractivity contribution is 6.25. The van der Waals surface area contributed by atoms with Gasteiger partial charge >= 0.3 is 0 Å². The second kappa shape index (κ2) is 9.14. The van der Waals surface area contributed by atoms with Crippen LogP contribution in [-0.2, 0) is 0 Å². The molecular weight excluding hydrogens is 486 g/mol. The van der Waals surface area contributed by atoms with Crippen molar-refractivity contribution in [2.24, 2.45) is 0 Å². The lowest BCUT2D eigenvalue weighted by Gasteiger charge is -2.25. The fourth-order valence-electron chi connectivity index (χ4n) is 5.99. The molecule has 0 radical (unpaired) electrons. The van der Waals surface area contributed by atoms with Crippen LogP contribution in [0.4, 0.5) is 17.1 Å². The van der Waals surface area contributed by atoms with Crippen LogP contribution in [0, 0.1) is 0 Å². The molecule has 188 valence electrons. The Hall–Kier alpha value is -5.34. The van der Waals surface area contributed by atoms with Gasteiger partial charge in [0.05, 0.1) is 0 Å². The zero-order valence-electron chi connectivity index (χ0n) is 21.8. The Bertz CT molecular complexity index is 2100. The molecule has 0 unspecified atom stereocenters. The summed E-state index contributed by atoms with van der Waals surface area (Å²) in [6.07, 6.45) is 0. The van der Waals surface area contributed by atoms with E-state index in [1.54, 1.807) is 0 Å². The normalized spacial score (nSPS) is 11.5. The van der Waals surface area contributed by atoms with E-state index in [1.807, 2.05) is 6.07 Å². The van der Waals surface area contributed by atoms with Crippen molar-refractivity contribution in [1.82, 2.24) is 0 Å². The zero-order valence-corrected chi connectivity index (χ0v) is 21.8. The van der Waals surface area contributed by atoms with Crippen molar-refractivity contribution in [3.63, 3.8) is 0 Å². The molecule has 0 saturated heterocycles. The summed E-state index contributed by atoms with van der Waals surface area (Å²) in [6.45, 7) is 0. The van der Waals surface area contributed by atoms with Crippen molar-refractivity contribution in [3.8, 4) is 11.1 Å². The molecule has 8 aromatic rings. The van der Waals surface area contributed by atoms with Gasteiger partial charge in [0.1, 0.15) is 11.2 Å². The summed E-state index contributed by atoms with van der Waals surface area (Å²) >= 11 is 0. The van der Waals surface area contributed by atoms with Crippen molar-refractivity contribution in [2.75, 3.05) is 4.90 Å². The van der Waals surface area contributed by atoms with E-state index >= 15 is 0 Å². The van der Waals surface area contributed by atoms with Gasteiger partial charge in [-0.25, -0.2) is 0 Å². The molecule has 0 saturated carbocycles. The molecule has 40 heavy (non-hydrogen) atoms. The van der Waals surface area contributed by atoms with Crippen LogP contribution in [0.15, 0.2) is 156 Å². The van der Waals surface area contributed by atoms with Crippen LogP contribution in [0.2, 0.25) is 0 Å². The molecule has 1 aromatic heterocycles. The minimum absolute atomic E-state index is 0.922. The van der Waals surface area contributed by atoms with Crippen LogP contribution in [0.5, 0.6) is 0 Å². The lowest BCUT2D eigenvalue weighted by Crippen LogP contribution is -2.09. The van der Waals surface area contributed by atoms with Gasteiger partial charge in [-0.05, 0) is 81.9 Å². The van der Waals surface area contributed by atoms with Crippen molar-refractivity contribution in [3.05, 3.63) is 152 Å². The summed E-state index contributed by atoms with van der Waals surface area (Å²) in [4.78, 5) is 2.29. The monoisotopic (exact) mass is 511 g/mol. The second-order valence-corrected chi connectivity index (χ2v) is 10.2. The Morgan fingerprint density at radius 3 is 1.73 bits per heavy atom. The Kier molecular flexibility index (Phi) is 5.17. The maximum atomic E-state index is 6.51. The number of para-hydroxylation sites is 3. The highest BCUT2D eigenvalue weighted by Crippen LogP contribution is 2.42. The second-order valence-electron chi connectivity index (χ2n) is 10.2. The van der Waals surface area contributed by atoms with E-state index in [4.69, 9.17) is 4.42 Å². The molecule has 0 atom stereocenters. The minimum atomic E-state index is 0.922. The Labute approximate surface area is 232 Å². The number of hydrogen-bond donors (Lipinski definition) is 0. The smallest absolute Gasteiger partial charge is 0.143 e. The molecule has 0 bridgehead atoms. The average molecular weight is 512 g/mol. The van der Waals surface area contributed by atoms with E-state index in [0.29, 0.717) is 0 Å². The molecule has 2 nitrogen and oxygen atoms in total. The molecule has 7 aromatic carbocycles. The lowest BCUT2D eigenvalue weighted by molar-refractivity contribution is 0.673. The van der Waals surface area contributed by atoms with Crippen LogP contribution in [0.25, 0.3) is 54.6 Å². The van der Waals surface area contributed by atoms with Gasteiger partial charge in [-0.1, -0.05) is 97.1 Å². The van der Waals surface area contributed by atoms with Gasteiger partial charge in [-0.3, -0.25) is 0 Å². The molecule has 0 amide bonds. The van der Waals surface area contributed by atoms with Crippen molar-refractivity contribution in [2.45, 2.75) is 0 Å². The van der Waals surface area contributed by atoms with Crippen LogP contribution >= 0.6 is 0 Å². The highest BCUT2D eigenvalue weighted by Gasteiger charge is 2.17. The van der Waals surface area contributed by atoms with Crippen LogP contribution in [0.3, 0.4) is 0 Å². The summed E-state index contributed by atoms with van der Waals surface area (Å²) in [5.41, 5.74) is 7.63. The molecule has 1 heterocycles. The van der Waals surface area contributed by atoms with Gasteiger partial charge in [0.25, 0.3) is 0 Å². The highest BCUT2D eigenvalue weighted by atomic mass is 16.3. The Balaban J connectivity index is 1.33. The minimum Gasteiger partial charge on any atom is -0.455 e. The Morgan fingerprint density at radius 2 is 1.00 bits per heavy atom. The summed E-state index contributed by atoms with van der Waals surface area (Å²) in [5, 5.41) is 7.09. The van der Waals surface area contributed by atoms with Crippen molar-refractivity contribution in [1.29, 1.82) is 0 Å². The van der Waals surface area contributed by atoms with E-state index in [9.17, 15) is 0 Å². The van der Waals surface area contributed by atoms with Crippen LogP contribution in [0.1, 0.15) is 0 Å². The van der Waals surface area contributed by atoms with E-state index in [0.717, 1.165) is 39.0 Å². The predicted molar refractivity (Wildman–Crippen MR) is 169 cm³/mol. The summed E-state index contributed by atoms with van der Waals surface area (Å²) in [5.74, 6) is 0. The molecule has 0 aliphatic carbocycles. The first kappa shape index (κ1) is 22.6. The number of nitrogens with zero attached hydrogens (tertiary/aromatic N) is 1. The van der Waals surface area contributed by atoms with Crippen molar-refractivity contribution < 1.29 is 4.42 Å². The molecule has 0 N–H and O–H groups in total.